The normalized spacial score (nSPS) is 15.6. The number of methoxy groups -OCH3 is 1. The highest BCUT2D eigenvalue weighted by Crippen LogP contribution is 2.32. The van der Waals surface area contributed by atoms with Crippen LogP contribution in [0.2, 0.25) is 0 Å². The molecule has 29 heteroatoms. The third kappa shape index (κ3) is 22.6. The molecule has 1 aromatic heterocycles. The number of esters is 2. The Kier molecular flexibility index (Phi) is 29.0. The number of benzene rings is 1. The summed E-state index contributed by atoms with van der Waals surface area (Å²) in [4.78, 5) is 177. The van der Waals surface area contributed by atoms with Gasteiger partial charge >= 0.3 is 17.9 Å². The number of thiazole rings is 1. The molecule has 0 saturated carbocycles. The van der Waals surface area contributed by atoms with Crippen LogP contribution in [0, 0.1) is 17.8 Å². The van der Waals surface area contributed by atoms with E-state index in [1.165, 1.54) is 58.2 Å². The minimum Gasteiger partial charge on any atom is -0.506 e. The van der Waals surface area contributed by atoms with E-state index in [-0.39, 0.29) is 97.3 Å². The smallest absolute Gasteiger partial charge is 0.306 e. The molecule has 10 atom stereocenters. The van der Waals surface area contributed by atoms with Crippen LogP contribution in [0.4, 0.5) is 5.69 Å². The van der Waals surface area contributed by atoms with Gasteiger partial charge in [0.25, 0.3) is 17.7 Å². The lowest BCUT2D eigenvalue weighted by molar-refractivity contribution is -0.149. The van der Waals surface area contributed by atoms with E-state index in [2.05, 4.69) is 46.9 Å². The zero-order chi connectivity index (χ0) is 67.4. The van der Waals surface area contributed by atoms with Gasteiger partial charge in [-0.1, -0.05) is 47.1 Å². The molecule has 0 unspecified atom stereocenters. The van der Waals surface area contributed by atoms with Crippen LogP contribution in [0.25, 0.3) is 0 Å². The van der Waals surface area contributed by atoms with Gasteiger partial charge in [-0.2, -0.15) is 0 Å². The fourth-order valence-electron chi connectivity index (χ4n) is 9.08. The fraction of sp³-hybridized carbons (Fsp3) is 0.600. The Morgan fingerprint density at radius 2 is 1.36 bits per heavy atom. The summed E-state index contributed by atoms with van der Waals surface area (Å²) in [6.45, 7) is 17.7. The number of aromatic nitrogens is 1. The Morgan fingerprint density at radius 3 is 1.90 bits per heavy atom. The van der Waals surface area contributed by atoms with Gasteiger partial charge in [0.15, 0.2) is 6.10 Å². The van der Waals surface area contributed by atoms with Crippen LogP contribution in [0.5, 0.6) is 5.75 Å². The summed E-state index contributed by atoms with van der Waals surface area (Å²) in [7, 11) is 6.31. The molecule has 0 saturated heterocycles. The fourth-order valence-corrected chi connectivity index (χ4v) is 9.91. The molecule has 3 rings (SSSR count). The van der Waals surface area contributed by atoms with Crippen molar-refractivity contribution in [2.45, 2.75) is 181 Å². The van der Waals surface area contributed by atoms with E-state index in [1.807, 2.05) is 27.7 Å². The third-order valence-electron chi connectivity index (χ3n) is 15.5. The predicted molar refractivity (Wildman–Crippen MR) is 326 cm³/mol. The third-order valence-corrected chi connectivity index (χ3v) is 16.4. The van der Waals surface area contributed by atoms with E-state index in [9.17, 15) is 72.5 Å². The first-order chi connectivity index (χ1) is 41.5. The first-order valence-electron chi connectivity index (χ1n) is 29.4. The van der Waals surface area contributed by atoms with Crippen LogP contribution in [0.1, 0.15) is 148 Å². The van der Waals surface area contributed by atoms with Gasteiger partial charge in [-0.05, 0) is 104 Å². The number of imide groups is 1. The van der Waals surface area contributed by atoms with Crippen LogP contribution in [-0.2, 0) is 73.4 Å². The van der Waals surface area contributed by atoms with E-state index >= 15 is 0 Å². The van der Waals surface area contributed by atoms with Crippen LogP contribution < -0.4 is 37.2 Å². The van der Waals surface area contributed by atoms with E-state index in [1.54, 1.807) is 44.8 Å². The first kappa shape index (κ1) is 74.9. The zero-order valence-corrected chi connectivity index (χ0v) is 54.2. The van der Waals surface area contributed by atoms with Crippen molar-refractivity contribution in [1.29, 1.82) is 0 Å². The molecule has 1 aromatic carbocycles. The van der Waals surface area contributed by atoms with Gasteiger partial charge in [0.05, 0.1) is 24.3 Å². The quantitative estimate of drug-likeness (QED) is 0.0271. The maximum atomic E-state index is 14.3. The minimum absolute atomic E-state index is 0.0166. The van der Waals surface area contributed by atoms with Gasteiger partial charge in [-0.25, -0.2) is 4.98 Å². The van der Waals surface area contributed by atoms with Crippen LogP contribution in [0.15, 0.2) is 35.7 Å². The van der Waals surface area contributed by atoms with Crippen molar-refractivity contribution < 1.29 is 82.0 Å². The van der Waals surface area contributed by atoms with Crippen LogP contribution >= 0.6 is 11.3 Å². The Bertz CT molecular complexity index is 2930. The monoisotopic (exact) mass is 1270 g/mol. The summed E-state index contributed by atoms with van der Waals surface area (Å²) < 4.78 is 10.4. The second kappa shape index (κ2) is 34.4. The van der Waals surface area contributed by atoms with E-state index in [0.717, 1.165) is 35.5 Å². The number of carbonyl (C=O) groups excluding carboxylic acids is 12. The van der Waals surface area contributed by atoms with Gasteiger partial charge in [0, 0.05) is 69.4 Å². The summed E-state index contributed by atoms with van der Waals surface area (Å²) >= 11 is 1.04. The number of carboxylic acids is 1. The average Bonchev–Trinajstić information content (AvgIpc) is 4.20. The molecular formula is C60H89N11O17S. The highest BCUT2D eigenvalue weighted by Gasteiger charge is 2.39. The van der Waals surface area contributed by atoms with Crippen molar-refractivity contribution in [3.8, 4) is 5.75 Å². The van der Waals surface area contributed by atoms with E-state index < -0.39 is 125 Å². The molecule has 2 heterocycles. The number of amides is 10. The maximum absolute atomic E-state index is 14.3. The highest BCUT2D eigenvalue weighted by molar-refractivity contribution is 7.09. The number of phenols is 1. The number of ether oxygens (including phenoxy) is 2. The van der Waals surface area contributed by atoms with Gasteiger partial charge in [-0.15, -0.1) is 11.3 Å². The Hall–Kier alpha value is -8.34. The molecule has 2 aromatic rings. The Labute approximate surface area is 522 Å². The summed E-state index contributed by atoms with van der Waals surface area (Å²) in [5, 5.41) is 40.6. The number of aromatic hydroxyl groups is 1. The summed E-state index contributed by atoms with van der Waals surface area (Å²) in [5.41, 5.74) is -0.673. The van der Waals surface area contributed by atoms with Gasteiger partial charge in [-0.3, -0.25) is 72.1 Å². The van der Waals surface area contributed by atoms with Gasteiger partial charge < -0.3 is 61.8 Å². The molecule has 0 spiro atoms. The molecule has 492 valence electrons. The van der Waals surface area contributed by atoms with Crippen molar-refractivity contribution >= 4 is 94.0 Å². The van der Waals surface area contributed by atoms with Crippen LogP contribution in [-0.4, -0.2) is 190 Å². The van der Waals surface area contributed by atoms with Crippen molar-refractivity contribution in [2.24, 2.45) is 17.8 Å². The molecule has 1 aliphatic heterocycles. The van der Waals surface area contributed by atoms with E-state index in [4.69, 9.17) is 4.74 Å². The molecule has 0 radical (unpaired) electrons. The first-order valence-corrected chi connectivity index (χ1v) is 30.3. The number of hydrogen-bond acceptors (Lipinski definition) is 19. The molecule has 89 heavy (non-hydrogen) atoms. The molecule has 0 fully saturated rings. The molecule has 28 nitrogen and oxygen atoms in total. The number of rotatable bonds is 35. The zero-order valence-electron chi connectivity index (χ0n) is 53.4. The molecule has 1 aliphatic rings. The number of anilines is 1. The minimum atomic E-state index is -1.32. The lowest BCUT2D eigenvalue weighted by Crippen LogP contribution is -2.60. The van der Waals surface area contributed by atoms with Gasteiger partial charge in [0.1, 0.15) is 46.7 Å². The summed E-state index contributed by atoms with van der Waals surface area (Å²) in [5.74, 6) is -10.6. The van der Waals surface area contributed by atoms with Crippen LogP contribution in [0.3, 0.4) is 0 Å². The lowest BCUT2D eigenvalue weighted by Gasteiger charge is -2.38. The molecular weight excluding hydrogens is 1180 g/mol. The standard InChI is InChI=1S/C60H89N11O17S/c1-16-32(4)50(68-59(86)60(10,11)69(12)13)57(83)70(14)43(31(2)3)29-45(88-37(9)72)56-67-42(30-89-56)55(82)64-39(26-33(5)58(84)85)27-38-19-21-44(73)41(28-38)66-53(80)36(8)62-51(78)34(6)61-52(79)35(7)63-54(81)40(20-24-49(77)87-15)65-46(74)18-17-25-71-47(75)22-23-48(71)76/h19,21-23,28,30-36,39-40,43,45,50,73H,16-18,20,24-27,29H2,1-15H3,(H,61,79)(H,62,78)(H,63,81)(H,64,82)(H,65,74)(H,66,80)(H,68,86)(H,84,85)/t32-,33-,34-,35-,36-,39+,40-,43+,45+,50-/m0/s1. The van der Waals surface area contributed by atoms with Crippen molar-refractivity contribution in [2.75, 3.05) is 40.1 Å². The van der Waals surface area contributed by atoms with Crippen molar-refractivity contribution in [3.05, 3.63) is 52.0 Å². The molecule has 9 N–H and O–H groups in total. The predicted octanol–water partition coefficient (Wildman–Crippen LogP) is 2.24. The summed E-state index contributed by atoms with van der Waals surface area (Å²) in [6.07, 6.45) is 1.14. The Balaban J connectivity index is 1.71. The SMILES string of the molecule is CC[C@H](C)[C@H](NC(=O)C(C)(C)N(C)C)C(=O)N(C)[C@H](C[C@@H](OC(C)=O)c1nc(C(=O)N[C@@H](Cc2ccc(O)c(NC(=O)[C@H](C)NC(=O)[C@H](C)NC(=O)[C@H](C)NC(=O)[C@H](CCC(=O)OC)NC(=O)CCCN3C(=O)C=CC3=O)c2)C[C@H](C)C(=O)O)cs1)C(C)C. The number of aliphatic carboxylic acids is 1. The number of hydrogen-bond donors (Lipinski definition) is 9. The van der Waals surface area contributed by atoms with Crippen molar-refractivity contribution in [3.63, 3.8) is 0 Å². The summed E-state index contributed by atoms with van der Waals surface area (Å²) in [6, 6.07) is -3.28. The number of likely N-dealkylation sites (N-methyl/N-ethyl adjacent to an activating group) is 2. The lowest BCUT2D eigenvalue weighted by atomic mass is 9.92. The number of nitrogens with zero attached hydrogens (tertiary/aromatic N) is 4. The highest BCUT2D eigenvalue weighted by atomic mass is 32.1. The maximum Gasteiger partial charge on any atom is 0.306 e. The van der Waals surface area contributed by atoms with Gasteiger partial charge in [0.2, 0.25) is 41.4 Å². The number of phenolic OH excluding ortho intramolecular Hbond substituents is 1. The average molecular weight is 1270 g/mol. The number of carboxylic acid groups (broad SMARTS) is 1. The molecule has 10 amide bonds. The van der Waals surface area contributed by atoms with Crippen molar-refractivity contribution in [1.82, 2.24) is 51.6 Å². The molecule has 0 bridgehead atoms. The van der Waals surface area contributed by atoms with E-state index in [0.29, 0.717) is 12.0 Å². The topological polar surface area (TPSA) is 388 Å². The largest absolute Gasteiger partial charge is 0.506 e. The second-order valence-electron chi connectivity index (χ2n) is 23.3. The Morgan fingerprint density at radius 1 is 0.775 bits per heavy atom. The number of carbonyl (C=O) groups is 13. The second-order valence-corrected chi connectivity index (χ2v) is 24.2. The number of nitrogens with one attached hydrogen (secondary N) is 7. The molecule has 0 aliphatic carbocycles.